The molecule has 1 aromatic carbocycles. The number of aromatic nitrogens is 1. The normalized spacial score (nSPS) is 16.8. The van der Waals surface area contributed by atoms with E-state index in [9.17, 15) is 19.7 Å². The van der Waals surface area contributed by atoms with E-state index in [0.29, 0.717) is 5.69 Å². The summed E-state index contributed by atoms with van der Waals surface area (Å²) in [5.41, 5.74) is 0.470. The highest BCUT2D eigenvalue weighted by Gasteiger charge is 2.36. The van der Waals surface area contributed by atoms with E-state index in [2.05, 4.69) is 26.2 Å². The van der Waals surface area contributed by atoms with Gasteiger partial charge in [-0.1, -0.05) is 12.1 Å². The van der Waals surface area contributed by atoms with Crippen molar-refractivity contribution >= 4 is 44.8 Å². The molecule has 3 rings (SSSR count). The number of hydrogen-bond donors (Lipinski definition) is 1. The number of nitrogens with one attached hydrogen (secondary N) is 1. The number of nitrogens with zero attached hydrogens (tertiary/aromatic N) is 3. The van der Waals surface area contributed by atoms with Gasteiger partial charge in [0.05, 0.1) is 16.5 Å². The van der Waals surface area contributed by atoms with Crippen molar-refractivity contribution in [3.05, 3.63) is 57.3 Å². The van der Waals surface area contributed by atoms with Gasteiger partial charge >= 0.3 is 5.69 Å². The second-order valence-electron chi connectivity index (χ2n) is 5.50. The van der Waals surface area contributed by atoms with Crippen LogP contribution >= 0.6 is 15.9 Å². The van der Waals surface area contributed by atoms with Gasteiger partial charge in [0.2, 0.25) is 11.8 Å². The van der Waals surface area contributed by atoms with E-state index >= 15 is 0 Å². The Morgan fingerprint density at radius 2 is 2.12 bits per heavy atom. The molecule has 0 radical (unpaired) electrons. The number of carbonyl (C=O) groups is 2. The largest absolute Gasteiger partial charge is 0.320 e. The second kappa shape index (κ2) is 6.98. The molecule has 1 atom stereocenters. The molecule has 8 nitrogen and oxygen atoms in total. The van der Waals surface area contributed by atoms with Crippen molar-refractivity contribution in [3.63, 3.8) is 0 Å². The van der Waals surface area contributed by atoms with Gasteiger partial charge in [-0.05, 0) is 34.1 Å². The summed E-state index contributed by atoms with van der Waals surface area (Å²) in [4.78, 5) is 40.3. The molecule has 0 aliphatic carbocycles. The van der Waals surface area contributed by atoms with Gasteiger partial charge in [-0.25, -0.2) is 0 Å². The molecule has 9 heteroatoms. The van der Waals surface area contributed by atoms with E-state index < -0.39 is 16.7 Å². The molecule has 1 aliphatic rings. The van der Waals surface area contributed by atoms with Crippen molar-refractivity contribution in [3.8, 4) is 0 Å². The summed E-state index contributed by atoms with van der Waals surface area (Å²) in [6.45, 7) is 0.214. The highest BCUT2D eigenvalue weighted by atomic mass is 79.9. The average Bonchev–Trinajstić information content (AvgIpc) is 2.97. The summed E-state index contributed by atoms with van der Waals surface area (Å²) in [7, 11) is 0. The Hall–Kier alpha value is -2.81. The first-order valence-corrected chi connectivity index (χ1v) is 8.21. The summed E-state index contributed by atoms with van der Waals surface area (Å²) in [5, 5.41) is 13.5. The van der Waals surface area contributed by atoms with Crippen molar-refractivity contribution in [2.24, 2.45) is 5.92 Å². The maximum absolute atomic E-state index is 12.5. The van der Waals surface area contributed by atoms with Crippen LogP contribution in [0.5, 0.6) is 0 Å². The highest BCUT2D eigenvalue weighted by molar-refractivity contribution is 9.10. The molecule has 0 saturated carbocycles. The maximum Gasteiger partial charge on any atom is 0.310 e. The number of anilines is 2. The summed E-state index contributed by atoms with van der Waals surface area (Å²) in [6, 6.07) is 8.60. The third kappa shape index (κ3) is 3.50. The third-order valence-electron chi connectivity index (χ3n) is 3.89. The molecule has 0 spiro atoms. The summed E-state index contributed by atoms with van der Waals surface area (Å²) >= 11 is 3.39. The topological polar surface area (TPSA) is 105 Å². The first-order chi connectivity index (χ1) is 12.0. The highest BCUT2D eigenvalue weighted by Crippen LogP contribution is 2.32. The van der Waals surface area contributed by atoms with Crippen LogP contribution in [0.2, 0.25) is 0 Å². The van der Waals surface area contributed by atoms with E-state index in [-0.39, 0.29) is 30.2 Å². The van der Waals surface area contributed by atoms with E-state index in [4.69, 9.17) is 0 Å². The number of pyridine rings is 1. The zero-order valence-corrected chi connectivity index (χ0v) is 14.5. The van der Waals surface area contributed by atoms with E-state index in [0.717, 1.165) is 10.7 Å². The minimum atomic E-state index is -0.615. The standard InChI is InChI=1S/C16H13BrN4O4/c17-11-3-1-2-4-13(11)20-9-10(7-15(20)22)16(23)19-12-5-6-18-8-14(12)21(24)25/h1-6,8,10H,7,9H2,(H,18,19,23). The fourth-order valence-electron chi connectivity index (χ4n) is 2.66. The molecule has 2 amide bonds. The van der Waals surface area contributed by atoms with Crippen LogP contribution in [0.4, 0.5) is 17.1 Å². The molecule has 2 heterocycles. The number of para-hydroxylation sites is 1. The molecule has 1 saturated heterocycles. The van der Waals surface area contributed by atoms with Gasteiger partial charge < -0.3 is 10.2 Å². The second-order valence-corrected chi connectivity index (χ2v) is 6.35. The Bertz CT molecular complexity index is 858. The molecule has 1 fully saturated rings. The molecular weight excluding hydrogens is 392 g/mol. The number of benzene rings is 1. The predicted molar refractivity (Wildman–Crippen MR) is 94.1 cm³/mol. The van der Waals surface area contributed by atoms with Gasteiger partial charge in [0.1, 0.15) is 11.9 Å². The van der Waals surface area contributed by atoms with Gasteiger partial charge in [-0.15, -0.1) is 0 Å². The molecule has 1 aliphatic heterocycles. The molecule has 1 N–H and O–H groups in total. The minimum absolute atomic E-state index is 0.0477. The fraction of sp³-hybridized carbons (Fsp3) is 0.188. The van der Waals surface area contributed by atoms with E-state index in [1.807, 2.05) is 12.1 Å². The van der Waals surface area contributed by atoms with Gasteiger partial charge in [0.25, 0.3) is 0 Å². The lowest BCUT2D eigenvalue weighted by molar-refractivity contribution is -0.384. The van der Waals surface area contributed by atoms with Gasteiger partial charge in [0, 0.05) is 23.6 Å². The van der Waals surface area contributed by atoms with Crippen molar-refractivity contribution in [2.45, 2.75) is 6.42 Å². The lowest BCUT2D eigenvalue weighted by atomic mass is 10.1. The van der Waals surface area contributed by atoms with Crippen molar-refractivity contribution < 1.29 is 14.5 Å². The van der Waals surface area contributed by atoms with Crippen LogP contribution in [0, 0.1) is 16.0 Å². The van der Waals surface area contributed by atoms with Crippen LogP contribution in [0.15, 0.2) is 47.2 Å². The third-order valence-corrected chi connectivity index (χ3v) is 4.56. The SMILES string of the molecule is O=C(Nc1ccncc1[N+](=O)[O-])C1CC(=O)N(c2ccccc2Br)C1. The van der Waals surface area contributed by atoms with Crippen molar-refractivity contribution in [1.82, 2.24) is 4.98 Å². The number of rotatable bonds is 4. The lowest BCUT2D eigenvalue weighted by Crippen LogP contribution is -2.28. The summed E-state index contributed by atoms with van der Waals surface area (Å²) in [5.74, 6) is -1.19. The van der Waals surface area contributed by atoms with Crippen LogP contribution in [0.25, 0.3) is 0 Å². The zero-order chi connectivity index (χ0) is 18.0. The van der Waals surface area contributed by atoms with E-state index in [1.165, 1.54) is 17.2 Å². The van der Waals surface area contributed by atoms with Gasteiger partial charge in [-0.3, -0.25) is 24.7 Å². The molecule has 1 unspecified atom stereocenters. The first kappa shape index (κ1) is 17.0. The van der Waals surface area contributed by atoms with Crippen LogP contribution in [-0.2, 0) is 9.59 Å². The Labute approximate surface area is 151 Å². The molecule has 2 aromatic rings. The Morgan fingerprint density at radius 3 is 2.84 bits per heavy atom. The van der Waals surface area contributed by atoms with Crippen molar-refractivity contribution in [1.29, 1.82) is 0 Å². The van der Waals surface area contributed by atoms with Crippen LogP contribution in [0.3, 0.4) is 0 Å². The van der Waals surface area contributed by atoms with Crippen LogP contribution < -0.4 is 10.2 Å². The smallest absolute Gasteiger partial charge is 0.310 e. The molecule has 128 valence electrons. The molecule has 25 heavy (non-hydrogen) atoms. The Kier molecular flexibility index (Phi) is 4.75. The fourth-order valence-corrected chi connectivity index (χ4v) is 3.16. The quantitative estimate of drug-likeness (QED) is 0.622. The van der Waals surface area contributed by atoms with Crippen LogP contribution in [0.1, 0.15) is 6.42 Å². The average molecular weight is 405 g/mol. The number of carbonyl (C=O) groups excluding carboxylic acids is 2. The number of amides is 2. The number of nitro groups is 1. The lowest BCUT2D eigenvalue weighted by Gasteiger charge is -2.18. The van der Waals surface area contributed by atoms with Gasteiger partial charge in [-0.2, -0.15) is 0 Å². The minimum Gasteiger partial charge on any atom is -0.320 e. The van der Waals surface area contributed by atoms with Crippen molar-refractivity contribution in [2.75, 3.05) is 16.8 Å². The summed E-state index contributed by atoms with van der Waals surface area (Å²) < 4.78 is 0.758. The van der Waals surface area contributed by atoms with Gasteiger partial charge in [0.15, 0.2) is 0 Å². The monoisotopic (exact) mass is 404 g/mol. The Balaban J connectivity index is 1.76. The van der Waals surface area contributed by atoms with Crippen LogP contribution in [-0.4, -0.2) is 28.3 Å². The number of halogens is 1. The summed E-state index contributed by atoms with van der Waals surface area (Å²) in [6.07, 6.45) is 2.48. The molecule has 1 aromatic heterocycles. The Morgan fingerprint density at radius 1 is 1.36 bits per heavy atom. The zero-order valence-electron chi connectivity index (χ0n) is 12.9. The maximum atomic E-state index is 12.5. The number of hydrogen-bond acceptors (Lipinski definition) is 5. The predicted octanol–water partition coefficient (Wildman–Crippen LogP) is 2.74. The van der Waals surface area contributed by atoms with E-state index in [1.54, 1.807) is 12.1 Å². The molecule has 0 bridgehead atoms. The molecular formula is C16H13BrN4O4. The first-order valence-electron chi connectivity index (χ1n) is 7.41.